The number of hydrogen-bond acceptors (Lipinski definition) is 3. The van der Waals surface area contributed by atoms with Crippen LogP contribution in [0.15, 0.2) is 36.4 Å². The van der Waals surface area contributed by atoms with E-state index in [1.807, 2.05) is 13.0 Å². The number of nitrogens with one attached hydrogen (secondary N) is 2. The van der Waals surface area contributed by atoms with E-state index in [1.54, 1.807) is 30.3 Å². The number of carbonyl (C=O) groups excluding carboxylic acids is 2. The predicted octanol–water partition coefficient (Wildman–Crippen LogP) is 4.52. The Labute approximate surface area is 161 Å². The molecular formula is C19H18Cl2N2O3. The summed E-state index contributed by atoms with van der Waals surface area (Å²) in [4.78, 5) is 24.7. The third-order valence-electron chi connectivity index (χ3n) is 4.34. The van der Waals surface area contributed by atoms with Gasteiger partial charge in [-0.3, -0.25) is 9.59 Å². The summed E-state index contributed by atoms with van der Waals surface area (Å²) >= 11 is 12.0. The second-order valence-corrected chi connectivity index (χ2v) is 7.08. The van der Waals surface area contributed by atoms with Crippen LogP contribution in [0.5, 0.6) is 5.75 Å². The average Bonchev–Trinajstić information content (AvgIpc) is 3.39. The molecule has 1 fully saturated rings. The highest BCUT2D eigenvalue weighted by Crippen LogP contribution is 2.41. The van der Waals surface area contributed by atoms with E-state index < -0.39 is 0 Å². The molecule has 0 bridgehead atoms. The Morgan fingerprint density at radius 3 is 2.38 bits per heavy atom. The fourth-order valence-corrected chi connectivity index (χ4v) is 3.14. The summed E-state index contributed by atoms with van der Waals surface area (Å²) in [6.07, 6.45) is 0.515. The summed E-state index contributed by atoms with van der Waals surface area (Å²) in [5.41, 5.74) is 2.14. The molecule has 0 spiro atoms. The van der Waals surface area contributed by atoms with Gasteiger partial charge in [-0.2, -0.15) is 0 Å². The fourth-order valence-electron chi connectivity index (χ4n) is 2.71. The number of benzene rings is 2. The molecule has 2 aromatic carbocycles. The molecule has 0 aromatic heterocycles. The van der Waals surface area contributed by atoms with Gasteiger partial charge in [0.2, 0.25) is 11.8 Å². The quantitative estimate of drug-likeness (QED) is 0.785. The highest BCUT2D eigenvalue weighted by molar-refractivity contribution is 6.32. The minimum absolute atomic E-state index is 0.178. The molecule has 0 radical (unpaired) electrons. The Morgan fingerprint density at radius 1 is 1.04 bits per heavy atom. The van der Waals surface area contributed by atoms with E-state index in [0.717, 1.165) is 5.56 Å². The maximum absolute atomic E-state index is 12.4. The second-order valence-electron chi connectivity index (χ2n) is 6.24. The van der Waals surface area contributed by atoms with Crippen molar-refractivity contribution < 1.29 is 14.3 Å². The summed E-state index contributed by atoms with van der Waals surface area (Å²) in [6.45, 7) is 1.89. The summed E-state index contributed by atoms with van der Waals surface area (Å²) in [6, 6.07) is 10.3. The van der Waals surface area contributed by atoms with Crippen LogP contribution in [0, 0.1) is 18.8 Å². The van der Waals surface area contributed by atoms with Crippen LogP contribution < -0.4 is 15.4 Å². The molecule has 3 rings (SSSR count). The largest absolute Gasteiger partial charge is 0.495 e. The first-order valence-electron chi connectivity index (χ1n) is 8.10. The van der Waals surface area contributed by atoms with Crippen molar-refractivity contribution in [2.24, 2.45) is 11.8 Å². The first-order valence-corrected chi connectivity index (χ1v) is 8.86. The normalized spacial score (nSPS) is 18.2. The van der Waals surface area contributed by atoms with E-state index >= 15 is 0 Å². The van der Waals surface area contributed by atoms with Gasteiger partial charge in [-0.1, -0.05) is 29.3 Å². The van der Waals surface area contributed by atoms with Crippen LogP contribution in [0.25, 0.3) is 0 Å². The van der Waals surface area contributed by atoms with Crippen LogP contribution in [-0.4, -0.2) is 18.9 Å². The summed E-state index contributed by atoms with van der Waals surface area (Å²) < 4.78 is 5.08. The lowest BCUT2D eigenvalue weighted by molar-refractivity contribution is -0.122. The SMILES string of the molecule is COc1ccc(NC(=O)C2CC2C(=O)Nc2cc(Cl)ccc2C)cc1Cl. The van der Waals surface area contributed by atoms with E-state index in [2.05, 4.69) is 10.6 Å². The number of methoxy groups -OCH3 is 1. The molecule has 2 unspecified atom stereocenters. The minimum atomic E-state index is -0.352. The minimum Gasteiger partial charge on any atom is -0.495 e. The van der Waals surface area contributed by atoms with Gasteiger partial charge in [-0.15, -0.1) is 0 Å². The molecule has 26 heavy (non-hydrogen) atoms. The summed E-state index contributed by atoms with van der Waals surface area (Å²) in [5, 5.41) is 6.59. The van der Waals surface area contributed by atoms with Crippen LogP contribution in [0.2, 0.25) is 10.0 Å². The Bertz CT molecular complexity index is 870. The number of ether oxygens (including phenoxy) is 1. The first kappa shape index (κ1) is 18.5. The Morgan fingerprint density at radius 2 is 1.73 bits per heavy atom. The van der Waals surface area contributed by atoms with E-state index in [-0.39, 0.29) is 23.7 Å². The van der Waals surface area contributed by atoms with Crippen molar-refractivity contribution in [1.29, 1.82) is 0 Å². The highest BCUT2D eigenvalue weighted by Gasteiger charge is 2.48. The van der Waals surface area contributed by atoms with E-state index in [0.29, 0.717) is 33.6 Å². The molecule has 2 N–H and O–H groups in total. The fraction of sp³-hybridized carbons (Fsp3) is 0.263. The molecule has 1 aliphatic rings. The summed E-state index contributed by atoms with van der Waals surface area (Å²) in [5.74, 6) is -0.541. The number of carbonyl (C=O) groups is 2. The van der Waals surface area contributed by atoms with Gasteiger partial charge >= 0.3 is 0 Å². The van der Waals surface area contributed by atoms with Crippen LogP contribution in [0.3, 0.4) is 0 Å². The Hall–Kier alpha value is -2.24. The molecule has 0 heterocycles. The van der Waals surface area contributed by atoms with Gasteiger partial charge in [0.15, 0.2) is 0 Å². The zero-order valence-electron chi connectivity index (χ0n) is 14.3. The molecule has 7 heteroatoms. The van der Waals surface area contributed by atoms with Crippen LogP contribution in [0.1, 0.15) is 12.0 Å². The molecule has 2 aromatic rings. The molecule has 2 atom stereocenters. The lowest BCUT2D eigenvalue weighted by Gasteiger charge is -2.09. The maximum Gasteiger partial charge on any atom is 0.228 e. The van der Waals surface area contributed by atoms with Gasteiger partial charge in [0.05, 0.1) is 24.0 Å². The third-order valence-corrected chi connectivity index (χ3v) is 4.87. The zero-order valence-corrected chi connectivity index (χ0v) is 15.8. The Kier molecular flexibility index (Phi) is 5.39. The number of rotatable bonds is 5. The first-order chi connectivity index (χ1) is 12.4. The monoisotopic (exact) mass is 392 g/mol. The second kappa shape index (κ2) is 7.56. The lowest BCUT2D eigenvalue weighted by Crippen LogP contribution is -2.20. The average molecular weight is 393 g/mol. The topological polar surface area (TPSA) is 67.4 Å². The van der Waals surface area contributed by atoms with Gasteiger partial charge in [0.1, 0.15) is 5.75 Å². The van der Waals surface area contributed by atoms with E-state index in [1.165, 1.54) is 7.11 Å². The van der Waals surface area contributed by atoms with Crippen molar-refractivity contribution >= 4 is 46.4 Å². The predicted molar refractivity (Wildman–Crippen MR) is 103 cm³/mol. The van der Waals surface area contributed by atoms with E-state index in [9.17, 15) is 9.59 Å². The number of halogens is 2. The van der Waals surface area contributed by atoms with Crippen LogP contribution >= 0.6 is 23.2 Å². The molecule has 1 saturated carbocycles. The summed E-state index contributed by atoms with van der Waals surface area (Å²) in [7, 11) is 1.52. The highest BCUT2D eigenvalue weighted by atomic mass is 35.5. The van der Waals surface area contributed by atoms with Crippen molar-refractivity contribution in [2.75, 3.05) is 17.7 Å². The molecule has 136 valence electrons. The third kappa shape index (κ3) is 4.11. The molecule has 0 aliphatic heterocycles. The smallest absolute Gasteiger partial charge is 0.228 e. The van der Waals surface area contributed by atoms with Crippen molar-refractivity contribution in [1.82, 2.24) is 0 Å². The Balaban J connectivity index is 1.59. The standard InChI is InChI=1S/C19H18Cl2N2O3/c1-10-3-4-11(20)7-16(10)23-19(25)14-9-13(14)18(24)22-12-5-6-17(26-2)15(21)8-12/h3-8,13-14H,9H2,1-2H3,(H,22,24)(H,23,25). The van der Waals surface area contributed by atoms with Crippen molar-refractivity contribution in [3.63, 3.8) is 0 Å². The van der Waals surface area contributed by atoms with Gasteiger partial charge in [0, 0.05) is 16.4 Å². The van der Waals surface area contributed by atoms with Crippen molar-refractivity contribution in [3.05, 3.63) is 52.0 Å². The van der Waals surface area contributed by atoms with Crippen molar-refractivity contribution in [2.45, 2.75) is 13.3 Å². The number of aryl methyl sites for hydroxylation is 1. The molecule has 2 amide bonds. The number of anilines is 2. The number of amides is 2. The molecule has 5 nitrogen and oxygen atoms in total. The van der Waals surface area contributed by atoms with Crippen LogP contribution in [-0.2, 0) is 9.59 Å². The van der Waals surface area contributed by atoms with Gasteiger partial charge in [-0.05, 0) is 49.2 Å². The van der Waals surface area contributed by atoms with Gasteiger partial charge < -0.3 is 15.4 Å². The lowest BCUT2D eigenvalue weighted by atomic mass is 10.2. The molecule has 0 saturated heterocycles. The van der Waals surface area contributed by atoms with E-state index in [4.69, 9.17) is 27.9 Å². The maximum atomic E-state index is 12.4. The molecular weight excluding hydrogens is 375 g/mol. The van der Waals surface area contributed by atoms with Gasteiger partial charge in [0.25, 0.3) is 0 Å². The van der Waals surface area contributed by atoms with Crippen LogP contribution in [0.4, 0.5) is 11.4 Å². The van der Waals surface area contributed by atoms with Crippen molar-refractivity contribution in [3.8, 4) is 5.75 Å². The zero-order chi connectivity index (χ0) is 18.8. The van der Waals surface area contributed by atoms with Gasteiger partial charge in [-0.25, -0.2) is 0 Å². The molecule has 1 aliphatic carbocycles. The number of hydrogen-bond donors (Lipinski definition) is 2.